The summed E-state index contributed by atoms with van der Waals surface area (Å²) in [4.78, 5) is 28.6. The molecule has 1 aliphatic carbocycles. The molecular formula is C26H24FN7O3. The molecule has 1 aliphatic rings. The van der Waals surface area contributed by atoms with Gasteiger partial charge in [-0.3, -0.25) is 9.59 Å². The molecule has 0 atom stereocenters. The zero-order valence-electron chi connectivity index (χ0n) is 19.9. The number of anilines is 2. The van der Waals surface area contributed by atoms with Gasteiger partial charge < -0.3 is 21.1 Å². The summed E-state index contributed by atoms with van der Waals surface area (Å²) in [6.07, 6.45) is 2.26. The number of benzene rings is 2. The van der Waals surface area contributed by atoms with Gasteiger partial charge in [-0.05, 0) is 48.7 Å². The first-order chi connectivity index (χ1) is 17.9. The maximum Gasteiger partial charge on any atom is 0.255 e. The van der Waals surface area contributed by atoms with E-state index in [0.717, 1.165) is 5.56 Å². The third-order valence-electron chi connectivity index (χ3n) is 6.23. The number of hydrogen-bond acceptors (Lipinski definition) is 7. The number of alkyl halides is 1. The normalized spacial score (nSPS) is 16.6. The Labute approximate surface area is 211 Å². The van der Waals surface area contributed by atoms with Gasteiger partial charge in [0, 0.05) is 22.9 Å². The van der Waals surface area contributed by atoms with Crippen molar-refractivity contribution in [3.63, 3.8) is 0 Å². The van der Waals surface area contributed by atoms with Gasteiger partial charge in [-0.25, -0.2) is 9.37 Å². The lowest BCUT2D eigenvalue weighted by atomic mass is 9.90. The van der Waals surface area contributed by atoms with Crippen molar-refractivity contribution in [2.45, 2.75) is 25.1 Å². The van der Waals surface area contributed by atoms with Crippen molar-refractivity contribution in [1.82, 2.24) is 25.1 Å². The molecular weight excluding hydrogens is 477 g/mol. The third kappa shape index (κ3) is 4.58. The molecule has 2 heterocycles. The standard InChI is InChI=1S/C26H24FN7O3/c1-3-21(35)31-17-7-4-14(5-8-17)23-22(24-25(28)29-13-30-34(24)33-23)15-6-9-19(20(10-15)37-2)26(36)32-18-11-16(27)12-18/h3-10,13,16,18H,1,11-12H2,2H3,(H,31,35)(H,32,36)(H2,28,29,30). The molecule has 11 heteroatoms. The molecule has 1 saturated carbocycles. The van der Waals surface area contributed by atoms with Crippen LogP contribution in [0.4, 0.5) is 15.9 Å². The van der Waals surface area contributed by atoms with E-state index in [1.807, 2.05) is 12.1 Å². The Morgan fingerprint density at radius 1 is 1.19 bits per heavy atom. The van der Waals surface area contributed by atoms with Crippen molar-refractivity contribution in [1.29, 1.82) is 0 Å². The number of halogens is 1. The summed E-state index contributed by atoms with van der Waals surface area (Å²) in [5.74, 6) is -0.0813. The number of nitrogen functional groups attached to an aromatic ring is 1. The van der Waals surface area contributed by atoms with Crippen LogP contribution in [-0.4, -0.2) is 50.9 Å². The minimum absolute atomic E-state index is 0.186. The van der Waals surface area contributed by atoms with Gasteiger partial charge in [-0.15, -0.1) is 14.8 Å². The molecule has 0 spiro atoms. The lowest BCUT2D eigenvalue weighted by Crippen LogP contribution is -2.45. The highest BCUT2D eigenvalue weighted by molar-refractivity contribution is 6.01. The summed E-state index contributed by atoms with van der Waals surface area (Å²) >= 11 is 0. The molecule has 2 aromatic carbocycles. The Balaban J connectivity index is 1.57. The highest BCUT2D eigenvalue weighted by atomic mass is 19.1. The quantitative estimate of drug-likeness (QED) is 0.330. The Morgan fingerprint density at radius 2 is 1.92 bits per heavy atom. The number of carbonyl (C=O) groups excluding carboxylic acids is 2. The van der Waals surface area contributed by atoms with Crippen molar-refractivity contribution in [2.75, 3.05) is 18.2 Å². The van der Waals surface area contributed by atoms with Gasteiger partial charge in [0.2, 0.25) is 5.91 Å². The number of hydrogen-bond donors (Lipinski definition) is 3. The molecule has 2 amide bonds. The maximum atomic E-state index is 13.2. The maximum absolute atomic E-state index is 13.2. The molecule has 0 radical (unpaired) electrons. The van der Waals surface area contributed by atoms with Crippen LogP contribution in [-0.2, 0) is 4.79 Å². The van der Waals surface area contributed by atoms with E-state index in [1.165, 1.54) is 24.1 Å². The number of fused-ring (bicyclic) bond motifs is 1. The lowest BCUT2D eigenvalue weighted by Gasteiger charge is -2.30. The highest BCUT2D eigenvalue weighted by Gasteiger charge is 2.31. The number of methoxy groups -OCH3 is 1. The first-order valence-electron chi connectivity index (χ1n) is 11.5. The van der Waals surface area contributed by atoms with Crippen LogP contribution < -0.4 is 21.1 Å². The number of nitrogens with zero attached hydrogens (tertiary/aromatic N) is 4. The minimum Gasteiger partial charge on any atom is -0.496 e. The van der Waals surface area contributed by atoms with Crippen LogP contribution in [0.25, 0.3) is 27.9 Å². The van der Waals surface area contributed by atoms with Crippen molar-refractivity contribution in [2.24, 2.45) is 0 Å². The lowest BCUT2D eigenvalue weighted by molar-refractivity contribution is -0.111. The van der Waals surface area contributed by atoms with Crippen LogP contribution in [0, 0.1) is 0 Å². The average molecular weight is 502 g/mol. The molecule has 0 bridgehead atoms. The van der Waals surface area contributed by atoms with E-state index in [4.69, 9.17) is 10.5 Å². The molecule has 5 rings (SSSR count). The van der Waals surface area contributed by atoms with Gasteiger partial charge in [-0.2, -0.15) is 0 Å². The van der Waals surface area contributed by atoms with E-state index in [0.29, 0.717) is 52.2 Å². The largest absolute Gasteiger partial charge is 0.496 e. The number of nitrogens with one attached hydrogen (secondary N) is 2. The second-order valence-electron chi connectivity index (χ2n) is 8.63. The molecule has 0 aliphatic heterocycles. The second kappa shape index (κ2) is 9.69. The molecule has 4 N–H and O–H groups in total. The molecule has 0 unspecified atom stereocenters. The number of nitrogens with two attached hydrogens (primary N) is 1. The smallest absolute Gasteiger partial charge is 0.255 e. The van der Waals surface area contributed by atoms with Gasteiger partial charge in [0.05, 0.1) is 12.7 Å². The van der Waals surface area contributed by atoms with E-state index >= 15 is 0 Å². The van der Waals surface area contributed by atoms with Crippen molar-refractivity contribution < 1.29 is 18.7 Å². The van der Waals surface area contributed by atoms with Crippen LogP contribution in [0.1, 0.15) is 23.2 Å². The Bertz CT molecular complexity index is 1510. The van der Waals surface area contributed by atoms with Crippen LogP contribution in [0.5, 0.6) is 5.75 Å². The zero-order chi connectivity index (χ0) is 26.1. The van der Waals surface area contributed by atoms with E-state index in [9.17, 15) is 14.0 Å². The van der Waals surface area contributed by atoms with E-state index in [2.05, 4.69) is 32.4 Å². The number of carbonyl (C=O) groups is 2. The van der Waals surface area contributed by atoms with Gasteiger partial charge in [-0.1, -0.05) is 24.8 Å². The second-order valence-corrected chi connectivity index (χ2v) is 8.63. The van der Waals surface area contributed by atoms with Crippen LogP contribution >= 0.6 is 0 Å². The summed E-state index contributed by atoms with van der Waals surface area (Å²) < 4.78 is 20.1. The molecule has 2 aromatic heterocycles. The molecule has 1 fully saturated rings. The summed E-state index contributed by atoms with van der Waals surface area (Å²) in [6, 6.07) is 12.1. The fourth-order valence-electron chi connectivity index (χ4n) is 4.26. The zero-order valence-corrected chi connectivity index (χ0v) is 19.9. The summed E-state index contributed by atoms with van der Waals surface area (Å²) in [6.45, 7) is 3.46. The Morgan fingerprint density at radius 3 is 2.59 bits per heavy atom. The molecule has 0 saturated heterocycles. The highest BCUT2D eigenvalue weighted by Crippen LogP contribution is 2.39. The number of aromatic nitrogens is 4. The van der Waals surface area contributed by atoms with E-state index in [-0.39, 0.29) is 23.7 Å². The van der Waals surface area contributed by atoms with Crippen LogP contribution in [0.15, 0.2) is 61.4 Å². The number of amides is 2. The predicted molar refractivity (Wildman–Crippen MR) is 137 cm³/mol. The molecule has 10 nitrogen and oxygen atoms in total. The first-order valence-corrected chi connectivity index (χ1v) is 11.5. The topological polar surface area (TPSA) is 137 Å². The van der Waals surface area contributed by atoms with Crippen LogP contribution in [0.3, 0.4) is 0 Å². The Kier molecular flexibility index (Phi) is 6.26. The van der Waals surface area contributed by atoms with Crippen molar-refractivity contribution in [3.05, 3.63) is 67.0 Å². The fraction of sp³-hybridized carbons (Fsp3) is 0.192. The Hall–Kier alpha value is -4.80. The molecule has 37 heavy (non-hydrogen) atoms. The third-order valence-corrected chi connectivity index (χ3v) is 6.23. The summed E-state index contributed by atoms with van der Waals surface area (Å²) in [5, 5.41) is 14.4. The van der Waals surface area contributed by atoms with E-state index < -0.39 is 6.17 Å². The van der Waals surface area contributed by atoms with Crippen molar-refractivity contribution in [3.8, 4) is 28.1 Å². The fourth-order valence-corrected chi connectivity index (χ4v) is 4.26. The van der Waals surface area contributed by atoms with Gasteiger partial charge in [0.1, 0.15) is 29.5 Å². The predicted octanol–water partition coefficient (Wildman–Crippen LogP) is 3.40. The van der Waals surface area contributed by atoms with E-state index in [1.54, 1.807) is 30.3 Å². The minimum atomic E-state index is -0.872. The average Bonchev–Trinajstić information content (AvgIpc) is 3.28. The SMILES string of the molecule is C=CC(=O)Nc1ccc(-c2nn3ncnc(N)c3c2-c2ccc(C(=O)NC3CC(F)C3)c(OC)c2)cc1. The molecule has 4 aromatic rings. The first kappa shape index (κ1) is 23.9. The number of rotatable bonds is 7. The van der Waals surface area contributed by atoms with Crippen LogP contribution in [0.2, 0.25) is 0 Å². The molecule has 188 valence electrons. The van der Waals surface area contributed by atoms with Gasteiger partial charge in [0.25, 0.3) is 5.91 Å². The summed E-state index contributed by atoms with van der Waals surface area (Å²) in [7, 11) is 1.47. The van der Waals surface area contributed by atoms with Crippen molar-refractivity contribution >= 4 is 28.8 Å². The van der Waals surface area contributed by atoms with Gasteiger partial charge in [0.15, 0.2) is 5.82 Å². The number of ether oxygens (including phenoxy) is 1. The summed E-state index contributed by atoms with van der Waals surface area (Å²) in [5.41, 5.74) is 10.3. The van der Waals surface area contributed by atoms with Gasteiger partial charge >= 0.3 is 0 Å². The monoisotopic (exact) mass is 501 g/mol.